The fourth-order valence-corrected chi connectivity index (χ4v) is 0.976. The van der Waals surface area contributed by atoms with E-state index < -0.39 is 23.5 Å². The second-order valence-corrected chi connectivity index (χ2v) is 3.36. The minimum atomic E-state index is -4.42. The van der Waals surface area contributed by atoms with E-state index in [1.807, 2.05) is 0 Å². The molecule has 0 aliphatic heterocycles. The Balaban J connectivity index is 4.27. The first-order valence-corrected chi connectivity index (χ1v) is 4.29. The third-order valence-electron chi connectivity index (χ3n) is 1.25. The van der Waals surface area contributed by atoms with Crippen molar-refractivity contribution < 1.29 is 18.0 Å². The third-order valence-corrected chi connectivity index (χ3v) is 1.62. The van der Waals surface area contributed by atoms with Crippen LogP contribution in [0.3, 0.4) is 0 Å². The van der Waals surface area contributed by atoms with Crippen LogP contribution in [0.2, 0.25) is 0 Å². The standard InChI is InChI=1S/C6H8Cl2F3NO/c1-2-12(3-6(9,10)11)5(13)4(7)8/h4H,2-3H2,1H3. The van der Waals surface area contributed by atoms with Gasteiger partial charge in [-0.05, 0) is 6.92 Å². The van der Waals surface area contributed by atoms with Crippen LogP contribution in [0.25, 0.3) is 0 Å². The number of nitrogens with zero attached hydrogens (tertiary/aromatic N) is 1. The van der Waals surface area contributed by atoms with Crippen LogP contribution in [0.1, 0.15) is 6.92 Å². The maximum Gasteiger partial charge on any atom is 0.406 e. The highest BCUT2D eigenvalue weighted by atomic mass is 35.5. The highest BCUT2D eigenvalue weighted by Gasteiger charge is 2.33. The third kappa shape index (κ3) is 5.21. The zero-order valence-electron chi connectivity index (χ0n) is 6.74. The summed E-state index contributed by atoms with van der Waals surface area (Å²) in [7, 11) is 0. The van der Waals surface area contributed by atoms with E-state index >= 15 is 0 Å². The molecule has 0 bridgehead atoms. The molecule has 1 amide bonds. The van der Waals surface area contributed by atoms with E-state index in [1.165, 1.54) is 6.92 Å². The Morgan fingerprint density at radius 2 is 1.92 bits per heavy atom. The van der Waals surface area contributed by atoms with Crippen LogP contribution in [0.15, 0.2) is 0 Å². The lowest BCUT2D eigenvalue weighted by Crippen LogP contribution is -2.41. The summed E-state index contributed by atoms with van der Waals surface area (Å²) in [5, 5.41) is 0. The highest BCUT2D eigenvalue weighted by molar-refractivity contribution is 6.53. The average molecular weight is 238 g/mol. The molecular weight excluding hydrogens is 230 g/mol. The van der Waals surface area contributed by atoms with Gasteiger partial charge in [0.2, 0.25) is 0 Å². The second-order valence-electron chi connectivity index (χ2n) is 2.27. The molecule has 0 aromatic heterocycles. The number of hydrogen-bond acceptors (Lipinski definition) is 1. The van der Waals surface area contributed by atoms with Gasteiger partial charge in [-0.3, -0.25) is 4.79 Å². The Kier molecular flexibility index (Phi) is 4.85. The van der Waals surface area contributed by atoms with Crippen molar-refractivity contribution in [3.63, 3.8) is 0 Å². The zero-order chi connectivity index (χ0) is 10.6. The summed E-state index contributed by atoms with van der Waals surface area (Å²) in [4.78, 5) is 10.0. The summed E-state index contributed by atoms with van der Waals surface area (Å²) in [6.45, 7) is 0.0202. The normalized spacial score (nSPS) is 11.9. The Morgan fingerprint density at radius 3 is 2.15 bits per heavy atom. The summed E-state index contributed by atoms with van der Waals surface area (Å²) in [5.41, 5.74) is 0. The molecule has 7 heteroatoms. The molecule has 0 aliphatic rings. The van der Waals surface area contributed by atoms with E-state index in [4.69, 9.17) is 23.2 Å². The molecule has 0 saturated carbocycles. The van der Waals surface area contributed by atoms with Gasteiger partial charge in [-0.25, -0.2) is 0 Å². The van der Waals surface area contributed by atoms with Crippen molar-refractivity contribution in [2.24, 2.45) is 0 Å². The van der Waals surface area contributed by atoms with E-state index in [0.717, 1.165) is 0 Å². The lowest BCUT2D eigenvalue weighted by atomic mass is 10.4. The number of alkyl halides is 5. The van der Waals surface area contributed by atoms with Crippen LogP contribution in [-0.2, 0) is 4.79 Å². The van der Waals surface area contributed by atoms with Gasteiger partial charge in [-0.1, -0.05) is 23.2 Å². The number of halogens is 5. The van der Waals surface area contributed by atoms with Crippen molar-refractivity contribution in [1.29, 1.82) is 0 Å². The fraction of sp³-hybridized carbons (Fsp3) is 0.833. The summed E-state index contributed by atoms with van der Waals surface area (Å²) in [6, 6.07) is 0. The minimum Gasteiger partial charge on any atom is -0.332 e. The summed E-state index contributed by atoms with van der Waals surface area (Å²) in [5.74, 6) is -0.928. The molecule has 0 aliphatic carbocycles. The molecule has 78 valence electrons. The largest absolute Gasteiger partial charge is 0.406 e. The van der Waals surface area contributed by atoms with Crippen LogP contribution >= 0.6 is 23.2 Å². The van der Waals surface area contributed by atoms with Crippen molar-refractivity contribution >= 4 is 29.1 Å². The van der Waals surface area contributed by atoms with Gasteiger partial charge in [0.25, 0.3) is 5.91 Å². The predicted molar refractivity (Wildman–Crippen MR) is 43.8 cm³/mol. The Hall–Kier alpha value is -0.160. The molecule has 0 atom stereocenters. The Bertz CT molecular complexity index is 183. The van der Waals surface area contributed by atoms with Gasteiger partial charge < -0.3 is 4.90 Å². The predicted octanol–water partition coefficient (Wildman–Crippen LogP) is 2.20. The maximum atomic E-state index is 11.8. The van der Waals surface area contributed by atoms with E-state index in [1.54, 1.807) is 0 Å². The Morgan fingerprint density at radius 1 is 1.46 bits per heavy atom. The SMILES string of the molecule is CCN(CC(F)(F)F)C(=O)C(Cl)Cl. The zero-order valence-corrected chi connectivity index (χ0v) is 8.25. The lowest BCUT2D eigenvalue weighted by molar-refractivity contribution is -0.159. The number of carbonyl (C=O) groups excluding carboxylic acids is 1. The van der Waals surface area contributed by atoms with Crippen LogP contribution in [-0.4, -0.2) is 34.9 Å². The van der Waals surface area contributed by atoms with Crippen molar-refractivity contribution in [3.05, 3.63) is 0 Å². The van der Waals surface area contributed by atoms with E-state index in [0.29, 0.717) is 4.90 Å². The molecule has 0 aromatic carbocycles. The molecule has 0 rings (SSSR count). The molecule has 0 heterocycles. The fourth-order valence-electron chi connectivity index (χ4n) is 0.700. The van der Waals surface area contributed by atoms with E-state index in [-0.39, 0.29) is 6.54 Å². The monoisotopic (exact) mass is 237 g/mol. The highest BCUT2D eigenvalue weighted by Crippen LogP contribution is 2.18. The number of carbonyl (C=O) groups is 1. The summed E-state index contributed by atoms with van der Waals surface area (Å²) >= 11 is 10.3. The summed E-state index contributed by atoms with van der Waals surface area (Å²) in [6.07, 6.45) is -4.42. The first-order chi connectivity index (χ1) is 5.78. The molecule has 0 spiro atoms. The lowest BCUT2D eigenvalue weighted by Gasteiger charge is -2.22. The van der Waals surface area contributed by atoms with Gasteiger partial charge in [-0.15, -0.1) is 0 Å². The van der Waals surface area contributed by atoms with Gasteiger partial charge in [0.1, 0.15) is 6.54 Å². The minimum absolute atomic E-state index is 0.0751. The van der Waals surface area contributed by atoms with Crippen LogP contribution in [0, 0.1) is 0 Å². The molecular formula is C6H8Cl2F3NO. The first kappa shape index (κ1) is 12.8. The number of rotatable bonds is 3. The van der Waals surface area contributed by atoms with E-state index in [2.05, 4.69) is 0 Å². The second kappa shape index (κ2) is 4.91. The number of hydrogen-bond donors (Lipinski definition) is 0. The van der Waals surface area contributed by atoms with Crippen molar-refractivity contribution in [1.82, 2.24) is 4.90 Å². The first-order valence-electron chi connectivity index (χ1n) is 3.41. The van der Waals surface area contributed by atoms with Gasteiger partial charge in [0.05, 0.1) is 0 Å². The van der Waals surface area contributed by atoms with Gasteiger partial charge in [-0.2, -0.15) is 13.2 Å². The Labute approximate surface area is 83.6 Å². The van der Waals surface area contributed by atoms with Gasteiger partial charge in [0.15, 0.2) is 4.84 Å². The van der Waals surface area contributed by atoms with Crippen LogP contribution < -0.4 is 0 Å². The average Bonchev–Trinajstić information content (AvgIpc) is 1.97. The van der Waals surface area contributed by atoms with Gasteiger partial charge in [0, 0.05) is 6.54 Å². The van der Waals surface area contributed by atoms with Crippen molar-refractivity contribution in [3.8, 4) is 0 Å². The summed E-state index contributed by atoms with van der Waals surface area (Å²) < 4.78 is 35.5. The molecule has 2 nitrogen and oxygen atoms in total. The number of amides is 1. The van der Waals surface area contributed by atoms with Crippen LogP contribution in [0.4, 0.5) is 13.2 Å². The van der Waals surface area contributed by atoms with E-state index in [9.17, 15) is 18.0 Å². The topological polar surface area (TPSA) is 20.3 Å². The molecule has 0 radical (unpaired) electrons. The molecule has 0 aromatic rings. The molecule has 0 unspecified atom stereocenters. The van der Waals surface area contributed by atoms with Crippen molar-refractivity contribution in [2.45, 2.75) is 17.9 Å². The quantitative estimate of drug-likeness (QED) is 0.690. The molecule has 0 N–H and O–H groups in total. The molecule has 13 heavy (non-hydrogen) atoms. The molecule has 0 saturated heterocycles. The van der Waals surface area contributed by atoms with Crippen molar-refractivity contribution in [2.75, 3.05) is 13.1 Å². The van der Waals surface area contributed by atoms with Crippen LogP contribution in [0.5, 0.6) is 0 Å². The maximum absolute atomic E-state index is 11.8. The van der Waals surface area contributed by atoms with Gasteiger partial charge >= 0.3 is 6.18 Å². The smallest absolute Gasteiger partial charge is 0.332 e. The molecule has 0 fully saturated rings.